The molecule has 3 nitrogen and oxygen atoms in total. The van der Waals surface area contributed by atoms with Crippen LogP contribution in [0.15, 0.2) is 5.38 Å². The van der Waals surface area contributed by atoms with Crippen LogP contribution in [0, 0.1) is 12.3 Å². The van der Waals surface area contributed by atoms with Crippen LogP contribution in [0.4, 0.5) is 0 Å². The van der Waals surface area contributed by atoms with E-state index in [1.807, 2.05) is 6.92 Å². The van der Waals surface area contributed by atoms with Crippen molar-refractivity contribution in [1.29, 1.82) is 5.41 Å². The molecule has 0 unspecified atom stereocenters. The van der Waals surface area contributed by atoms with Gasteiger partial charge in [0.05, 0.1) is 12.4 Å². The molecule has 1 saturated heterocycles. The van der Waals surface area contributed by atoms with Gasteiger partial charge in [-0.1, -0.05) is 0 Å². The van der Waals surface area contributed by atoms with Gasteiger partial charge >= 0.3 is 0 Å². The summed E-state index contributed by atoms with van der Waals surface area (Å²) in [5.41, 5.74) is 1.09. The normalized spacial score (nSPS) is 17.5. The molecular formula is C10H15N3S. The monoisotopic (exact) mass is 209 g/mol. The Morgan fingerprint density at radius 2 is 2.43 bits per heavy atom. The fraction of sp³-hybridized carbons (Fsp3) is 0.600. The summed E-state index contributed by atoms with van der Waals surface area (Å²) in [6.07, 6.45) is 3.32. The summed E-state index contributed by atoms with van der Waals surface area (Å²) in [4.78, 5) is 6.56. The molecule has 0 radical (unpaired) electrons. The second kappa shape index (κ2) is 4.09. The number of aryl methyl sites for hydroxylation is 1. The van der Waals surface area contributed by atoms with Crippen molar-refractivity contribution in [2.75, 3.05) is 6.54 Å². The quantitative estimate of drug-likeness (QED) is 0.812. The number of nitrogens with one attached hydrogen (secondary N) is 1. The number of piperidine rings is 1. The first-order chi connectivity index (χ1) is 6.75. The van der Waals surface area contributed by atoms with Crippen LogP contribution in [0.5, 0.6) is 0 Å². The van der Waals surface area contributed by atoms with Gasteiger partial charge in [0.15, 0.2) is 0 Å². The molecule has 0 bridgehead atoms. The SMILES string of the molecule is Cc1csc(CN2CCCCC2=N)n1. The van der Waals surface area contributed by atoms with E-state index in [2.05, 4.69) is 15.3 Å². The maximum Gasteiger partial charge on any atom is 0.112 e. The standard InChI is InChI=1S/C10H15N3S/c1-8-7-14-10(12-8)6-13-5-3-2-4-9(13)11/h7,11H,2-6H2,1H3. The Labute approximate surface area is 88.3 Å². The van der Waals surface area contributed by atoms with Gasteiger partial charge in [0, 0.05) is 24.0 Å². The van der Waals surface area contributed by atoms with Crippen LogP contribution in [0.25, 0.3) is 0 Å². The van der Waals surface area contributed by atoms with Gasteiger partial charge in [0.1, 0.15) is 5.01 Å². The average Bonchev–Trinajstić information content (AvgIpc) is 2.56. The number of nitrogens with zero attached hydrogens (tertiary/aromatic N) is 2. The summed E-state index contributed by atoms with van der Waals surface area (Å²) in [5.74, 6) is 0.782. The first-order valence-corrected chi connectivity index (χ1v) is 5.87. The summed E-state index contributed by atoms with van der Waals surface area (Å²) in [6.45, 7) is 3.87. The highest BCUT2D eigenvalue weighted by Gasteiger charge is 2.15. The summed E-state index contributed by atoms with van der Waals surface area (Å²) in [7, 11) is 0. The lowest BCUT2D eigenvalue weighted by Gasteiger charge is -2.28. The number of hydrogen-bond donors (Lipinski definition) is 1. The summed E-state index contributed by atoms with van der Waals surface area (Å²) in [5, 5.41) is 11.0. The largest absolute Gasteiger partial charge is 0.354 e. The Morgan fingerprint density at radius 1 is 1.57 bits per heavy atom. The van der Waals surface area contributed by atoms with Gasteiger partial charge in [-0.3, -0.25) is 5.41 Å². The molecule has 2 rings (SSSR count). The van der Waals surface area contributed by atoms with E-state index in [1.165, 1.54) is 12.8 Å². The van der Waals surface area contributed by atoms with Gasteiger partial charge in [-0.15, -0.1) is 11.3 Å². The Kier molecular flexibility index (Phi) is 2.82. The van der Waals surface area contributed by atoms with E-state index in [1.54, 1.807) is 11.3 Å². The molecule has 1 aliphatic heterocycles. The molecule has 0 saturated carbocycles. The van der Waals surface area contributed by atoms with Crippen molar-refractivity contribution in [3.05, 3.63) is 16.1 Å². The zero-order valence-electron chi connectivity index (χ0n) is 8.42. The highest BCUT2D eigenvalue weighted by atomic mass is 32.1. The number of aromatic nitrogens is 1. The Morgan fingerprint density at radius 3 is 3.07 bits per heavy atom. The second-order valence-electron chi connectivity index (χ2n) is 3.71. The summed E-state index contributed by atoms with van der Waals surface area (Å²) >= 11 is 1.70. The molecule has 1 aliphatic rings. The highest BCUT2D eigenvalue weighted by molar-refractivity contribution is 7.09. The van der Waals surface area contributed by atoms with Gasteiger partial charge in [0.25, 0.3) is 0 Å². The summed E-state index contributed by atoms with van der Waals surface area (Å²) in [6, 6.07) is 0. The van der Waals surface area contributed by atoms with Crippen molar-refractivity contribution in [3.8, 4) is 0 Å². The van der Waals surface area contributed by atoms with E-state index in [4.69, 9.17) is 5.41 Å². The van der Waals surface area contributed by atoms with E-state index in [9.17, 15) is 0 Å². The smallest absolute Gasteiger partial charge is 0.112 e. The second-order valence-corrected chi connectivity index (χ2v) is 4.65. The molecule has 0 atom stereocenters. The Bertz CT molecular complexity index is 332. The molecule has 4 heteroatoms. The third-order valence-corrected chi connectivity index (χ3v) is 3.42. The third-order valence-electron chi connectivity index (χ3n) is 2.47. The molecule has 0 spiro atoms. The van der Waals surface area contributed by atoms with Crippen LogP contribution in [-0.2, 0) is 6.54 Å². The fourth-order valence-corrected chi connectivity index (χ4v) is 2.49. The van der Waals surface area contributed by atoms with Crippen molar-refractivity contribution >= 4 is 17.2 Å². The van der Waals surface area contributed by atoms with E-state index in [0.29, 0.717) is 0 Å². The molecule has 2 heterocycles. The number of thiazole rings is 1. The van der Waals surface area contributed by atoms with Gasteiger partial charge < -0.3 is 4.90 Å². The molecule has 0 amide bonds. The van der Waals surface area contributed by atoms with E-state index in [-0.39, 0.29) is 0 Å². The molecule has 1 aromatic rings. The number of likely N-dealkylation sites (tertiary alicyclic amines) is 1. The van der Waals surface area contributed by atoms with Gasteiger partial charge in [-0.2, -0.15) is 0 Å². The zero-order chi connectivity index (χ0) is 9.97. The lowest BCUT2D eigenvalue weighted by atomic mass is 10.1. The van der Waals surface area contributed by atoms with Crippen LogP contribution >= 0.6 is 11.3 Å². The minimum Gasteiger partial charge on any atom is -0.354 e. The molecule has 14 heavy (non-hydrogen) atoms. The van der Waals surface area contributed by atoms with Crippen molar-refractivity contribution < 1.29 is 0 Å². The van der Waals surface area contributed by atoms with Crippen LogP contribution in [-0.4, -0.2) is 22.3 Å². The van der Waals surface area contributed by atoms with Gasteiger partial charge in [-0.25, -0.2) is 4.98 Å². The lowest BCUT2D eigenvalue weighted by molar-refractivity contribution is 0.360. The Hall–Kier alpha value is -0.900. The fourth-order valence-electron chi connectivity index (χ4n) is 1.70. The molecule has 1 N–H and O–H groups in total. The van der Waals surface area contributed by atoms with Crippen molar-refractivity contribution in [2.24, 2.45) is 0 Å². The molecule has 1 aromatic heterocycles. The van der Waals surface area contributed by atoms with Crippen molar-refractivity contribution in [3.63, 3.8) is 0 Å². The van der Waals surface area contributed by atoms with Crippen LogP contribution in [0.2, 0.25) is 0 Å². The molecule has 1 fully saturated rings. The maximum absolute atomic E-state index is 7.80. The van der Waals surface area contributed by atoms with Crippen molar-refractivity contribution in [2.45, 2.75) is 32.7 Å². The topological polar surface area (TPSA) is 40.0 Å². The van der Waals surface area contributed by atoms with Gasteiger partial charge in [0.2, 0.25) is 0 Å². The molecule has 0 aromatic carbocycles. The first kappa shape index (κ1) is 9.65. The van der Waals surface area contributed by atoms with E-state index < -0.39 is 0 Å². The number of rotatable bonds is 2. The maximum atomic E-state index is 7.80. The van der Waals surface area contributed by atoms with Crippen molar-refractivity contribution in [1.82, 2.24) is 9.88 Å². The molecule has 0 aliphatic carbocycles. The predicted molar refractivity (Wildman–Crippen MR) is 58.8 cm³/mol. The van der Waals surface area contributed by atoms with E-state index in [0.717, 1.165) is 36.0 Å². The van der Waals surface area contributed by atoms with Crippen LogP contribution in [0.3, 0.4) is 0 Å². The average molecular weight is 209 g/mol. The number of amidine groups is 1. The third kappa shape index (κ3) is 2.12. The zero-order valence-corrected chi connectivity index (χ0v) is 9.23. The molecular weight excluding hydrogens is 194 g/mol. The Balaban J connectivity index is 1.99. The molecule has 76 valence electrons. The van der Waals surface area contributed by atoms with Gasteiger partial charge in [-0.05, 0) is 19.8 Å². The first-order valence-electron chi connectivity index (χ1n) is 4.99. The minimum atomic E-state index is 0.782. The van der Waals surface area contributed by atoms with E-state index >= 15 is 0 Å². The minimum absolute atomic E-state index is 0.782. The predicted octanol–water partition coefficient (Wildman–Crippen LogP) is 2.41. The number of hydrogen-bond acceptors (Lipinski definition) is 3. The summed E-state index contributed by atoms with van der Waals surface area (Å²) < 4.78 is 0. The lowest BCUT2D eigenvalue weighted by Crippen LogP contribution is -2.34. The highest BCUT2D eigenvalue weighted by Crippen LogP contribution is 2.16. The van der Waals surface area contributed by atoms with Crippen LogP contribution < -0.4 is 0 Å². The van der Waals surface area contributed by atoms with Crippen LogP contribution in [0.1, 0.15) is 30.0 Å².